The summed E-state index contributed by atoms with van der Waals surface area (Å²) >= 11 is 0. The molecule has 1 aromatic carbocycles. The maximum absolute atomic E-state index is 12.4. The SMILES string of the molecule is CC(C)C(C)N(C)C(=O)CC1CNc2ccccc21. The molecule has 19 heavy (non-hydrogen) atoms. The van der Waals surface area contributed by atoms with Crippen molar-refractivity contribution >= 4 is 11.6 Å². The molecule has 1 aliphatic heterocycles. The summed E-state index contributed by atoms with van der Waals surface area (Å²) in [6.45, 7) is 7.29. The lowest BCUT2D eigenvalue weighted by molar-refractivity contribution is -0.132. The number of carbonyl (C=O) groups excluding carboxylic acids is 1. The zero-order valence-electron chi connectivity index (χ0n) is 12.3. The van der Waals surface area contributed by atoms with E-state index in [4.69, 9.17) is 0 Å². The summed E-state index contributed by atoms with van der Waals surface area (Å²) in [7, 11) is 1.92. The molecule has 1 heterocycles. The molecule has 1 amide bonds. The molecule has 0 aromatic heterocycles. The highest BCUT2D eigenvalue weighted by molar-refractivity contribution is 5.78. The van der Waals surface area contributed by atoms with Gasteiger partial charge < -0.3 is 10.2 Å². The Kier molecular flexibility index (Phi) is 4.13. The normalized spacial score (nSPS) is 18.9. The Bertz CT molecular complexity index is 456. The number of fused-ring (bicyclic) bond motifs is 1. The summed E-state index contributed by atoms with van der Waals surface area (Å²) in [5, 5.41) is 3.38. The van der Waals surface area contributed by atoms with E-state index >= 15 is 0 Å². The van der Waals surface area contributed by atoms with Crippen LogP contribution in [0.2, 0.25) is 0 Å². The number of carbonyl (C=O) groups is 1. The molecule has 2 atom stereocenters. The predicted molar refractivity (Wildman–Crippen MR) is 79.4 cm³/mol. The molecule has 0 fully saturated rings. The smallest absolute Gasteiger partial charge is 0.223 e. The van der Waals surface area contributed by atoms with Crippen molar-refractivity contribution in [2.24, 2.45) is 5.92 Å². The van der Waals surface area contributed by atoms with Gasteiger partial charge in [0.15, 0.2) is 0 Å². The maximum Gasteiger partial charge on any atom is 0.223 e. The predicted octanol–water partition coefficient (Wildman–Crippen LogP) is 3.09. The molecule has 0 saturated heterocycles. The first-order valence-corrected chi connectivity index (χ1v) is 7.09. The fourth-order valence-corrected chi connectivity index (χ4v) is 2.57. The van der Waals surface area contributed by atoms with Crippen LogP contribution in [0, 0.1) is 5.92 Å². The minimum atomic E-state index is 0.240. The number of hydrogen-bond acceptors (Lipinski definition) is 2. The fraction of sp³-hybridized carbons (Fsp3) is 0.562. The lowest BCUT2D eigenvalue weighted by atomic mass is 9.96. The van der Waals surface area contributed by atoms with Crippen molar-refractivity contribution in [3.05, 3.63) is 29.8 Å². The summed E-state index contributed by atoms with van der Waals surface area (Å²) in [5.41, 5.74) is 2.46. The molecule has 1 aliphatic rings. The number of nitrogens with one attached hydrogen (secondary N) is 1. The molecule has 1 aromatic rings. The Morgan fingerprint density at radius 3 is 2.74 bits per heavy atom. The van der Waals surface area contributed by atoms with Crippen molar-refractivity contribution in [1.82, 2.24) is 4.90 Å². The van der Waals surface area contributed by atoms with E-state index in [-0.39, 0.29) is 11.9 Å². The van der Waals surface area contributed by atoms with Crippen molar-refractivity contribution in [2.75, 3.05) is 18.9 Å². The van der Waals surface area contributed by atoms with E-state index in [1.807, 2.05) is 24.1 Å². The van der Waals surface area contributed by atoms with Crippen LogP contribution in [0.15, 0.2) is 24.3 Å². The number of amides is 1. The average molecular weight is 260 g/mol. The second-order valence-corrected chi connectivity index (χ2v) is 5.86. The monoisotopic (exact) mass is 260 g/mol. The van der Waals surface area contributed by atoms with Gasteiger partial charge in [0, 0.05) is 37.7 Å². The first-order valence-electron chi connectivity index (χ1n) is 7.09. The minimum absolute atomic E-state index is 0.240. The van der Waals surface area contributed by atoms with Crippen LogP contribution in [-0.4, -0.2) is 30.4 Å². The second kappa shape index (κ2) is 5.64. The molecule has 104 valence electrons. The van der Waals surface area contributed by atoms with E-state index < -0.39 is 0 Å². The quantitative estimate of drug-likeness (QED) is 0.902. The highest BCUT2D eigenvalue weighted by Gasteiger charge is 2.27. The van der Waals surface area contributed by atoms with Gasteiger partial charge in [-0.05, 0) is 24.5 Å². The highest BCUT2D eigenvalue weighted by Crippen LogP contribution is 2.33. The summed E-state index contributed by atoms with van der Waals surface area (Å²) < 4.78 is 0. The van der Waals surface area contributed by atoms with E-state index in [1.165, 1.54) is 11.3 Å². The molecule has 0 bridgehead atoms. The van der Waals surface area contributed by atoms with Crippen LogP contribution < -0.4 is 5.32 Å². The number of hydrogen-bond donors (Lipinski definition) is 1. The van der Waals surface area contributed by atoms with E-state index in [0.717, 1.165) is 6.54 Å². The largest absolute Gasteiger partial charge is 0.384 e. The van der Waals surface area contributed by atoms with E-state index in [0.29, 0.717) is 18.3 Å². The Balaban J connectivity index is 2.01. The van der Waals surface area contributed by atoms with Crippen LogP contribution in [0.1, 0.15) is 38.7 Å². The van der Waals surface area contributed by atoms with Gasteiger partial charge in [0.2, 0.25) is 5.91 Å². The lowest BCUT2D eigenvalue weighted by Gasteiger charge is -2.29. The van der Waals surface area contributed by atoms with Crippen molar-refractivity contribution in [2.45, 2.75) is 39.2 Å². The molecule has 2 rings (SSSR count). The maximum atomic E-state index is 12.4. The molecule has 0 radical (unpaired) electrons. The number of nitrogens with zero attached hydrogens (tertiary/aromatic N) is 1. The van der Waals surface area contributed by atoms with Crippen LogP contribution in [0.25, 0.3) is 0 Å². The van der Waals surface area contributed by atoms with Crippen LogP contribution in [0.5, 0.6) is 0 Å². The van der Waals surface area contributed by atoms with Gasteiger partial charge in [-0.1, -0.05) is 32.0 Å². The standard InChI is InChI=1S/C16H24N2O/c1-11(2)12(3)18(4)16(19)9-13-10-17-15-8-6-5-7-14(13)15/h5-8,11-13,17H,9-10H2,1-4H3. The Hall–Kier alpha value is -1.51. The van der Waals surface area contributed by atoms with Gasteiger partial charge in [-0.2, -0.15) is 0 Å². The highest BCUT2D eigenvalue weighted by atomic mass is 16.2. The van der Waals surface area contributed by atoms with E-state index in [1.54, 1.807) is 0 Å². The third kappa shape index (κ3) is 2.91. The van der Waals surface area contributed by atoms with Gasteiger partial charge in [-0.15, -0.1) is 0 Å². The Labute approximate surface area is 116 Å². The van der Waals surface area contributed by atoms with E-state index in [9.17, 15) is 4.79 Å². The Morgan fingerprint density at radius 2 is 2.05 bits per heavy atom. The molecule has 3 nitrogen and oxygen atoms in total. The van der Waals surface area contributed by atoms with Gasteiger partial charge in [-0.3, -0.25) is 4.79 Å². The first-order chi connectivity index (χ1) is 9.00. The van der Waals surface area contributed by atoms with Crippen molar-refractivity contribution < 1.29 is 4.79 Å². The topological polar surface area (TPSA) is 32.3 Å². The second-order valence-electron chi connectivity index (χ2n) is 5.86. The zero-order valence-corrected chi connectivity index (χ0v) is 12.3. The average Bonchev–Trinajstić information content (AvgIpc) is 2.80. The molecular formula is C16H24N2O. The van der Waals surface area contributed by atoms with Gasteiger partial charge >= 0.3 is 0 Å². The molecular weight excluding hydrogens is 236 g/mol. The summed E-state index contributed by atoms with van der Waals surface area (Å²) in [4.78, 5) is 14.2. The zero-order chi connectivity index (χ0) is 14.0. The molecule has 3 heteroatoms. The van der Waals surface area contributed by atoms with Gasteiger partial charge in [0.25, 0.3) is 0 Å². The summed E-state index contributed by atoms with van der Waals surface area (Å²) in [6.07, 6.45) is 0.595. The van der Waals surface area contributed by atoms with Crippen molar-refractivity contribution in [3.8, 4) is 0 Å². The molecule has 2 unspecified atom stereocenters. The van der Waals surface area contributed by atoms with Crippen molar-refractivity contribution in [3.63, 3.8) is 0 Å². The van der Waals surface area contributed by atoms with Crippen LogP contribution in [-0.2, 0) is 4.79 Å². The van der Waals surface area contributed by atoms with Crippen LogP contribution >= 0.6 is 0 Å². The van der Waals surface area contributed by atoms with Crippen LogP contribution in [0.3, 0.4) is 0 Å². The summed E-state index contributed by atoms with van der Waals surface area (Å²) in [6, 6.07) is 8.57. The van der Waals surface area contributed by atoms with Crippen molar-refractivity contribution in [1.29, 1.82) is 0 Å². The molecule has 1 N–H and O–H groups in total. The third-order valence-corrected chi connectivity index (χ3v) is 4.33. The van der Waals surface area contributed by atoms with Gasteiger partial charge in [0.05, 0.1) is 0 Å². The fourth-order valence-electron chi connectivity index (χ4n) is 2.57. The van der Waals surface area contributed by atoms with Gasteiger partial charge in [0.1, 0.15) is 0 Å². The number of para-hydroxylation sites is 1. The van der Waals surface area contributed by atoms with Crippen LogP contribution in [0.4, 0.5) is 5.69 Å². The molecule has 0 aliphatic carbocycles. The number of benzene rings is 1. The molecule has 0 saturated carbocycles. The van der Waals surface area contributed by atoms with E-state index in [2.05, 4.69) is 38.2 Å². The third-order valence-electron chi connectivity index (χ3n) is 4.33. The first kappa shape index (κ1) is 13.9. The lowest BCUT2D eigenvalue weighted by Crippen LogP contribution is -2.38. The Morgan fingerprint density at radius 1 is 1.37 bits per heavy atom. The minimum Gasteiger partial charge on any atom is -0.384 e. The number of rotatable bonds is 4. The summed E-state index contributed by atoms with van der Waals surface area (Å²) in [5.74, 6) is 1.04. The van der Waals surface area contributed by atoms with Gasteiger partial charge in [-0.25, -0.2) is 0 Å². The number of anilines is 1. The molecule has 0 spiro atoms.